The zero-order valence-corrected chi connectivity index (χ0v) is 25.1. The summed E-state index contributed by atoms with van der Waals surface area (Å²) in [6, 6.07) is 15.5. The van der Waals surface area contributed by atoms with Gasteiger partial charge in [0.05, 0.1) is 10.6 Å². The van der Waals surface area contributed by atoms with Gasteiger partial charge in [-0.25, -0.2) is 0 Å². The highest BCUT2D eigenvalue weighted by Crippen LogP contribution is 2.34. The molecule has 0 saturated carbocycles. The lowest BCUT2D eigenvalue weighted by atomic mass is 10.1. The Morgan fingerprint density at radius 3 is 2.43 bits per heavy atom. The minimum atomic E-state index is -0.558. The summed E-state index contributed by atoms with van der Waals surface area (Å²) in [5.74, 6) is 0.169. The highest BCUT2D eigenvalue weighted by Gasteiger charge is 2.36. The molecular formula is C30H26BrN3O7S. The second-order valence-electron chi connectivity index (χ2n) is 9.50. The van der Waals surface area contributed by atoms with E-state index in [0.717, 1.165) is 32.3 Å². The maximum Gasteiger partial charge on any atom is 0.294 e. The van der Waals surface area contributed by atoms with Gasteiger partial charge in [0.1, 0.15) is 25.5 Å². The summed E-state index contributed by atoms with van der Waals surface area (Å²) in [5, 5.41) is 4.96. The fourth-order valence-corrected chi connectivity index (χ4v) is 5.52. The van der Waals surface area contributed by atoms with Gasteiger partial charge in [0.15, 0.2) is 18.1 Å². The van der Waals surface area contributed by atoms with Crippen molar-refractivity contribution in [3.8, 4) is 17.2 Å². The van der Waals surface area contributed by atoms with Gasteiger partial charge in [-0.1, -0.05) is 12.1 Å². The van der Waals surface area contributed by atoms with Crippen LogP contribution in [0.4, 0.5) is 16.2 Å². The quantitative estimate of drug-likeness (QED) is 0.305. The summed E-state index contributed by atoms with van der Waals surface area (Å²) in [5.41, 5.74) is 3.94. The predicted octanol–water partition coefficient (Wildman–Crippen LogP) is 5.53. The number of hydrogen-bond acceptors (Lipinski definition) is 8. The Morgan fingerprint density at radius 1 is 0.952 bits per heavy atom. The molecule has 0 unspecified atom stereocenters. The van der Waals surface area contributed by atoms with Crippen LogP contribution < -0.4 is 24.8 Å². The Bertz CT molecular complexity index is 1610. The van der Waals surface area contributed by atoms with Crippen LogP contribution in [0, 0.1) is 13.8 Å². The highest BCUT2D eigenvalue weighted by atomic mass is 79.9. The van der Waals surface area contributed by atoms with Crippen molar-refractivity contribution in [2.24, 2.45) is 0 Å². The number of ether oxygens (including phenoxy) is 3. The van der Waals surface area contributed by atoms with Crippen LogP contribution in [0.5, 0.6) is 17.2 Å². The van der Waals surface area contributed by atoms with Crippen LogP contribution in [0.25, 0.3) is 6.08 Å². The molecular weight excluding hydrogens is 626 g/mol. The second kappa shape index (κ2) is 12.7. The van der Waals surface area contributed by atoms with E-state index in [4.69, 9.17) is 14.2 Å². The summed E-state index contributed by atoms with van der Waals surface area (Å²) in [4.78, 5) is 51.4. The first-order valence-electron chi connectivity index (χ1n) is 12.9. The van der Waals surface area contributed by atoms with Gasteiger partial charge in [-0.15, -0.1) is 0 Å². The summed E-state index contributed by atoms with van der Waals surface area (Å²) < 4.78 is 17.4. The fraction of sp³-hybridized carbons (Fsp3) is 0.200. The van der Waals surface area contributed by atoms with Crippen molar-refractivity contribution >= 4 is 68.1 Å². The van der Waals surface area contributed by atoms with E-state index < -0.39 is 23.6 Å². The average molecular weight is 653 g/mol. The molecule has 4 amide bonds. The van der Waals surface area contributed by atoms with Gasteiger partial charge in [0.25, 0.3) is 17.1 Å². The van der Waals surface area contributed by atoms with Crippen molar-refractivity contribution in [3.63, 3.8) is 0 Å². The minimum absolute atomic E-state index is 0.189. The van der Waals surface area contributed by atoms with Crippen LogP contribution in [0.1, 0.15) is 16.7 Å². The Kier molecular flexibility index (Phi) is 8.83. The summed E-state index contributed by atoms with van der Waals surface area (Å²) in [7, 11) is 0. The lowest BCUT2D eigenvalue weighted by molar-refractivity contribution is -0.127. The molecule has 0 radical (unpaired) electrons. The maximum atomic E-state index is 12.9. The Morgan fingerprint density at radius 2 is 1.67 bits per heavy atom. The molecule has 2 aliphatic heterocycles. The number of amides is 4. The molecule has 1 saturated heterocycles. The summed E-state index contributed by atoms with van der Waals surface area (Å²) in [6.07, 6.45) is 1.57. The first kappa shape index (κ1) is 29.2. The monoisotopic (exact) mass is 651 g/mol. The molecule has 42 heavy (non-hydrogen) atoms. The summed E-state index contributed by atoms with van der Waals surface area (Å²) in [6.45, 7) is 4.21. The van der Waals surface area contributed by atoms with E-state index in [0.29, 0.717) is 47.4 Å². The summed E-state index contributed by atoms with van der Waals surface area (Å²) >= 11 is 4.22. The first-order chi connectivity index (χ1) is 20.2. The van der Waals surface area contributed by atoms with E-state index in [2.05, 4.69) is 26.6 Å². The number of rotatable bonds is 8. The van der Waals surface area contributed by atoms with Crippen LogP contribution in [-0.4, -0.2) is 54.2 Å². The number of carbonyl (C=O) groups excluding carboxylic acids is 4. The van der Waals surface area contributed by atoms with Crippen molar-refractivity contribution in [3.05, 3.63) is 80.7 Å². The van der Waals surface area contributed by atoms with Crippen LogP contribution in [0.2, 0.25) is 0 Å². The van der Waals surface area contributed by atoms with E-state index in [-0.39, 0.29) is 17.4 Å². The molecule has 2 N–H and O–H groups in total. The molecule has 10 nitrogen and oxygen atoms in total. The van der Waals surface area contributed by atoms with Gasteiger partial charge < -0.3 is 24.8 Å². The Labute approximate surface area is 254 Å². The molecule has 1 fully saturated rings. The van der Waals surface area contributed by atoms with Gasteiger partial charge in [0, 0.05) is 16.2 Å². The number of imide groups is 1. The average Bonchev–Trinajstić information content (AvgIpc) is 3.22. The number of aryl methyl sites for hydroxylation is 2. The SMILES string of the molecule is Cc1cc(Br)c(NC(=O)COc2ccc(/C=C3/SC(=O)N(CC(=O)Nc4ccc5c(c4)OCCO5)C3=O)cc2)cc1C. The number of fused-ring (bicyclic) bond motifs is 1. The minimum Gasteiger partial charge on any atom is -0.486 e. The zero-order valence-electron chi connectivity index (χ0n) is 22.7. The van der Waals surface area contributed by atoms with E-state index in [1.54, 1.807) is 48.5 Å². The van der Waals surface area contributed by atoms with Crippen LogP contribution in [-0.2, 0) is 14.4 Å². The maximum absolute atomic E-state index is 12.9. The smallest absolute Gasteiger partial charge is 0.294 e. The molecule has 0 atom stereocenters. The van der Waals surface area contributed by atoms with Crippen molar-refractivity contribution in [1.82, 2.24) is 4.90 Å². The van der Waals surface area contributed by atoms with Gasteiger partial charge in [-0.2, -0.15) is 0 Å². The fourth-order valence-electron chi connectivity index (χ4n) is 4.13. The number of thioether (sulfide) groups is 1. The van der Waals surface area contributed by atoms with Crippen LogP contribution in [0.3, 0.4) is 0 Å². The predicted molar refractivity (Wildman–Crippen MR) is 163 cm³/mol. The lowest BCUT2D eigenvalue weighted by Gasteiger charge is -2.19. The van der Waals surface area contributed by atoms with Crippen LogP contribution >= 0.6 is 27.7 Å². The molecule has 2 heterocycles. The molecule has 0 spiro atoms. The van der Waals surface area contributed by atoms with E-state index in [9.17, 15) is 19.2 Å². The number of anilines is 2. The molecule has 0 aromatic heterocycles. The zero-order chi connectivity index (χ0) is 29.8. The number of nitrogens with zero attached hydrogens (tertiary/aromatic N) is 1. The van der Waals surface area contributed by atoms with Gasteiger partial charge in [0.2, 0.25) is 5.91 Å². The topological polar surface area (TPSA) is 123 Å². The molecule has 0 aliphatic carbocycles. The first-order valence-corrected chi connectivity index (χ1v) is 14.5. The molecule has 2 aliphatic rings. The van der Waals surface area contributed by atoms with E-state index >= 15 is 0 Å². The number of halogens is 1. The molecule has 216 valence electrons. The third-order valence-electron chi connectivity index (χ3n) is 6.41. The number of carbonyl (C=O) groups is 4. The van der Waals surface area contributed by atoms with Crippen LogP contribution in [0.15, 0.2) is 64.0 Å². The normalized spacial score (nSPS) is 15.1. The van der Waals surface area contributed by atoms with Crippen molar-refractivity contribution in [2.75, 3.05) is 37.0 Å². The third-order valence-corrected chi connectivity index (χ3v) is 7.97. The Balaban J connectivity index is 1.14. The van der Waals surface area contributed by atoms with Gasteiger partial charge >= 0.3 is 0 Å². The van der Waals surface area contributed by atoms with E-state index in [1.165, 1.54) is 0 Å². The molecule has 0 bridgehead atoms. The van der Waals surface area contributed by atoms with Crippen molar-refractivity contribution in [1.29, 1.82) is 0 Å². The third kappa shape index (κ3) is 6.94. The molecule has 5 rings (SSSR count). The number of nitrogens with one attached hydrogen (secondary N) is 2. The highest BCUT2D eigenvalue weighted by molar-refractivity contribution is 9.10. The second-order valence-corrected chi connectivity index (χ2v) is 11.3. The van der Waals surface area contributed by atoms with E-state index in [1.807, 2.05) is 26.0 Å². The molecule has 12 heteroatoms. The molecule has 3 aromatic rings. The largest absolute Gasteiger partial charge is 0.486 e. The van der Waals surface area contributed by atoms with Gasteiger partial charge in [-0.3, -0.25) is 24.1 Å². The van der Waals surface area contributed by atoms with Crippen molar-refractivity contribution in [2.45, 2.75) is 13.8 Å². The van der Waals surface area contributed by atoms with Crippen molar-refractivity contribution < 1.29 is 33.4 Å². The number of hydrogen-bond donors (Lipinski definition) is 2. The lowest BCUT2D eigenvalue weighted by Crippen LogP contribution is -2.36. The molecule has 3 aromatic carbocycles. The standard InChI is InChI=1S/C30H26BrN3O7S/c1-17-11-22(31)23(12-18(17)2)33-28(36)16-41-21-6-3-19(4-7-21)13-26-29(37)34(30(38)42-26)15-27(35)32-20-5-8-24-25(14-20)40-10-9-39-24/h3-8,11-14H,9-10,15-16H2,1-2H3,(H,32,35)(H,33,36)/b26-13+. The Hall–Kier alpha value is -4.29. The number of benzene rings is 3. The van der Waals surface area contributed by atoms with Gasteiger partial charge in [-0.05, 0) is 101 Å².